The summed E-state index contributed by atoms with van der Waals surface area (Å²) >= 11 is 0. The predicted octanol–water partition coefficient (Wildman–Crippen LogP) is 5.46. The van der Waals surface area contributed by atoms with Crippen molar-refractivity contribution < 1.29 is 9.53 Å². The summed E-state index contributed by atoms with van der Waals surface area (Å²) in [4.78, 5) is 13.3. The number of benzene rings is 3. The fraction of sp³-hybridized carbons (Fsp3) is 0.375. The first-order chi connectivity index (χ1) is 12.7. The average Bonchev–Trinajstić information content (AvgIpc) is 2.56. The van der Waals surface area contributed by atoms with Gasteiger partial charge in [0.05, 0.1) is 5.56 Å². The molecule has 1 N–H and O–H groups in total. The molecule has 0 amide bonds. The van der Waals surface area contributed by atoms with Crippen molar-refractivity contribution in [2.75, 3.05) is 0 Å². The Hall–Kier alpha value is -2.39. The molecule has 1 heterocycles. The van der Waals surface area contributed by atoms with Gasteiger partial charge in [-0.1, -0.05) is 48.5 Å². The largest absolute Gasteiger partial charge is 0.459 e. The van der Waals surface area contributed by atoms with E-state index >= 15 is 0 Å². The lowest BCUT2D eigenvalue weighted by atomic mass is 9.81. The van der Waals surface area contributed by atoms with Crippen molar-refractivity contribution in [3.63, 3.8) is 0 Å². The number of carbonyl (C=O) groups excluding carboxylic acids is 1. The van der Waals surface area contributed by atoms with Gasteiger partial charge in [0.25, 0.3) is 0 Å². The molecular weight excluding hydrogens is 334 g/mol. The van der Waals surface area contributed by atoms with Crippen LogP contribution in [0, 0.1) is 0 Å². The summed E-state index contributed by atoms with van der Waals surface area (Å²) in [7, 11) is 0. The number of piperidine rings is 1. The molecule has 1 saturated heterocycles. The molecule has 0 spiro atoms. The van der Waals surface area contributed by atoms with E-state index in [2.05, 4.69) is 51.2 Å². The number of rotatable bonds is 2. The number of esters is 1. The first-order valence-corrected chi connectivity index (χ1v) is 9.65. The summed E-state index contributed by atoms with van der Waals surface area (Å²) in [6.07, 6.45) is 1.52. The van der Waals surface area contributed by atoms with Crippen molar-refractivity contribution in [3.05, 3.63) is 60.2 Å². The van der Waals surface area contributed by atoms with Gasteiger partial charge in [0, 0.05) is 23.9 Å². The second-order valence-corrected chi connectivity index (χ2v) is 9.02. The highest BCUT2D eigenvalue weighted by Crippen LogP contribution is 2.33. The molecule has 1 aliphatic heterocycles. The summed E-state index contributed by atoms with van der Waals surface area (Å²) in [6, 6.07) is 18.2. The quantitative estimate of drug-likeness (QED) is 0.486. The lowest BCUT2D eigenvalue weighted by Crippen LogP contribution is -2.59. The van der Waals surface area contributed by atoms with Crippen LogP contribution in [-0.2, 0) is 4.74 Å². The van der Waals surface area contributed by atoms with Crippen LogP contribution in [0.4, 0.5) is 0 Å². The minimum Gasteiger partial charge on any atom is -0.459 e. The van der Waals surface area contributed by atoms with Gasteiger partial charge in [-0.25, -0.2) is 4.79 Å². The molecule has 1 aliphatic rings. The molecule has 140 valence electrons. The van der Waals surface area contributed by atoms with E-state index < -0.39 is 0 Å². The van der Waals surface area contributed by atoms with E-state index in [4.69, 9.17) is 4.74 Å². The van der Waals surface area contributed by atoms with Gasteiger partial charge >= 0.3 is 5.97 Å². The predicted molar refractivity (Wildman–Crippen MR) is 111 cm³/mol. The van der Waals surface area contributed by atoms with Crippen molar-refractivity contribution in [1.29, 1.82) is 0 Å². The molecule has 0 bridgehead atoms. The number of carbonyl (C=O) groups is 1. The zero-order chi connectivity index (χ0) is 19.2. The zero-order valence-electron chi connectivity index (χ0n) is 16.5. The molecule has 0 aromatic heterocycles. The normalized spacial score (nSPS) is 19.3. The molecule has 4 rings (SSSR count). The molecule has 0 unspecified atom stereocenters. The van der Waals surface area contributed by atoms with Gasteiger partial charge in [0.15, 0.2) is 0 Å². The highest BCUT2D eigenvalue weighted by atomic mass is 16.5. The van der Waals surface area contributed by atoms with Crippen LogP contribution in [0.2, 0.25) is 0 Å². The Labute approximate surface area is 160 Å². The third-order valence-electron chi connectivity index (χ3n) is 5.40. The standard InChI is InChI=1S/C24H27NO2/c1-23(2)14-18(15-24(3,4)25-23)27-22(26)21-19-11-7-5-9-16(19)13-17-10-6-8-12-20(17)21/h5-13,18,25H,14-15H2,1-4H3. The molecule has 0 aliphatic carbocycles. The molecule has 1 fully saturated rings. The fourth-order valence-electron chi connectivity index (χ4n) is 4.76. The fourth-order valence-corrected chi connectivity index (χ4v) is 4.76. The summed E-state index contributed by atoms with van der Waals surface area (Å²) in [5, 5.41) is 7.68. The molecule has 27 heavy (non-hydrogen) atoms. The van der Waals surface area contributed by atoms with Gasteiger partial charge in [-0.05, 0) is 55.3 Å². The Bertz CT molecular complexity index is 949. The van der Waals surface area contributed by atoms with Crippen LogP contribution in [0.1, 0.15) is 50.9 Å². The van der Waals surface area contributed by atoms with Crippen molar-refractivity contribution in [2.45, 2.75) is 57.7 Å². The van der Waals surface area contributed by atoms with Crippen molar-refractivity contribution in [1.82, 2.24) is 5.32 Å². The first kappa shape index (κ1) is 18.0. The molecule has 3 heteroatoms. The molecule has 0 atom stereocenters. The SMILES string of the molecule is CC1(C)CC(OC(=O)c2c3ccccc3cc3ccccc23)CC(C)(C)N1. The number of fused-ring (bicyclic) bond motifs is 2. The number of nitrogens with one attached hydrogen (secondary N) is 1. The van der Waals surface area contributed by atoms with Gasteiger partial charge in [-0.15, -0.1) is 0 Å². The summed E-state index contributed by atoms with van der Waals surface area (Å²) < 4.78 is 6.09. The monoisotopic (exact) mass is 361 g/mol. The maximum Gasteiger partial charge on any atom is 0.339 e. The Balaban J connectivity index is 1.76. The molecule has 3 aromatic rings. The molecule has 0 radical (unpaired) electrons. The van der Waals surface area contributed by atoms with Gasteiger partial charge in [0.1, 0.15) is 6.10 Å². The number of hydrogen-bond acceptors (Lipinski definition) is 3. The Morgan fingerprint density at radius 3 is 1.89 bits per heavy atom. The molecule has 0 saturated carbocycles. The number of ether oxygens (including phenoxy) is 1. The van der Waals surface area contributed by atoms with Crippen molar-refractivity contribution in [2.24, 2.45) is 0 Å². The maximum absolute atomic E-state index is 13.3. The third-order valence-corrected chi connectivity index (χ3v) is 5.40. The van der Waals surface area contributed by atoms with Gasteiger partial charge in [0.2, 0.25) is 0 Å². The van der Waals surface area contributed by atoms with Gasteiger partial charge in [-0.3, -0.25) is 0 Å². The first-order valence-electron chi connectivity index (χ1n) is 9.65. The molecule has 3 nitrogen and oxygen atoms in total. The van der Waals surface area contributed by atoms with E-state index in [0.717, 1.165) is 34.4 Å². The molecular formula is C24H27NO2. The van der Waals surface area contributed by atoms with Gasteiger partial charge < -0.3 is 10.1 Å². The summed E-state index contributed by atoms with van der Waals surface area (Å²) in [5.41, 5.74) is 0.555. The Morgan fingerprint density at radius 2 is 1.37 bits per heavy atom. The van der Waals surface area contributed by atoms with E-state index in [1.165, 1.54) is 0 Å². The van der Waals surface area contributed by atoms with E-state index in [9.17, 15) is 4.79 Å². The average molecular weight is 361 g/mol. The number of hydrogen-bond donors (Lipinski definition) is 1. The summed E-state index contributed by atoms with van der Waals surface area (Å²) in [5.74, 6) is -0.221. The van der Waals surface area contributed by atoms with Crippen LogP contribution in [0.3, 0.4) is 0 Å². The van der Waals surface area contributed by atoms with Crippen LogP contribution in [-0.4, -0.2) is 23.2 Å². The zero-order valence-corrected chi connectivity index (χ0v) is 16.5. The van der Waals surface area contributed by atoms with Crippen LogP contribution < -0.4 is 5.32 Å². The van der Waals surface area contributed by atoms with E-state index in [-0.39, 0.29) is 23.2 Å². The second kappa shape index (κ2) is 6.35. The summed E-state index contributed by atoms with van der Waals surface area (Å²) in [6.45, 7) is 8.67. The lowest BCUT2D eigenvalue weighted by molar-refractivity contribution is -0.00602. The van der Waals surface area contributed by atoms with E-state index in [1.807, 2.05) is 36.4 Å². The smallest absolute Gasteiger partial charge is 0.339 e. The second-order valence-electron chi connectivity index (χ2n) is 9.02. The lowest BCUT2D eigenvalue weighted by Gasteiger charge is -2.45. The third kappa shape index (κ3) is 3.57. The Morgan fingerprint density at radius 1 is 0.889 bits per heavy atom. The van der Waals surface area contributed by atoms with E-state index in [0.29, 0.717) is 5.56 Å². The molecule has 3 aromatic carbocycles. The maximum atomic E-state index is 13.3. The highest BCUT2D eigenvalue weighted by molar-refractivity contribution is 6.16. The minimum absolute atomic E-state index is 0.0620. The topological polar surface area (TPSA) is 38.3 Å². The van der Waals surface area contributed by atoms with Gasteiger partial charge in [-0.2, -0.15) is 0 Å². The highest BCUT2D eigenvalue weighted by Gasteiger charge is 2.39. The van der Waals surface area contributed by atoms with Crippen LogP contribution in [0.25, 0.3) is 21.5 Å². The van der Waals surface area contributed by atoms with Crippen LogP contribution in [0.15, 0.2) is 54.6 Å². The Kier molecular flexibility index (Phi) is 4.23. The minimum atomic E-state index is -0.221. The van der Waals surface area contributed by atoms with Crippen molar-refractivity contribution >= 4 is 27.5 Å². The van der Waals surface area contributed by atoms with Crippen LogP contribution in [0.5, 0.6) is 0 Å². The van der Waals surface area contributed by atoms with Crippen molar-refractivity contribution in [3.8, 4) is 0 Å². The van der Waals surface area contributed by atoms with Crippen LogP contribution >= 0.6 is 0 Å². The van der Waals surface area contributed by atoms with E-state index in [1.54, 1.807) is 0 Å².